The van der Waals surface area contributed by atoms with Crippen LogP contribution in [-0.2, 0) is 0 Å². The predicted octanol–water partition coefficient (Wildman–Crippen LogP) is 3.89. The van der Waals surface area contributed by atoms with Crippen molar-refractivity contribution in [1.82, 2.24) is 4.90 Å². The Kier molecular flexibility index (Phi) is 4.51. The molecule has 1 saturated heterocycles. The molecule has 128 valence electrons. The van der Waals surface area contributed by atoms with E-state index in [4.69, 9.17) is 13.9 Å². The summed E-state index contributed by atoms with van der Waals surface area (Å²) in [4.78, 5) is 14.9. The molecule has 1 aromatic heterocycles. The van der Waals surface area contributed by atoms with Crippen LogP contribution in [0.25, 0.3) is 0 Å². The van der Waals surface area contributed by atoms with Crippen molar-refractivity contribution in [1.29, 1.82) is 0 Å². The first-order valence-corrected chi connectivity index (χ1v) is 8.15. The summed E-state index contributed by atoms with van der Waals surface area (Å²) >= 11 is 0. The summed E-state index contributed by atoms with van der Waals surface area (Å²) in [6.45, 7) is 4.42. The molecule has 0 bridgehead atoms. The lowest BCUT2D eigenvalue weighted by Gasteiger charge is -2.26. The lowest BCUT2D eigenvalue weighted by molar-refractivity contribution is 0.0732. The molecule has 1 atom stereocenters. The lowest BCUT2D eigenvalue weighted by atomic mass is 10.0. The third-order valence-electron chi connectivity index (χ3n) is 4.58. The summed E-state index contributed by atoms with van der Waals surface area (Å²) in [6.07, 6.45) is 1.87. The summed E-state index contributed by atoms with van der Waals surface area (Å²) in [5, 5.41) is 0. The fourth-order valence-corrected chi connectivity index (χ4v) is 3.43. The first-order chi connectivity index (χ1) is 11.5. The van der Waals surface area contributed by atoms with Crippen molar-refractivity contribution in [3.63, 3.8) is 0 Å². The molecule has 2 heterocycles. The Morgan fingerprint density at radius 3 is 2.62 bits per heavy atom. The largest absolute Gasteiger partial charge is 0.497 e. The van der Waals surface area contributed by atoms with Gasteiger partial charge in [0.25, 0.3) is 5.91 Å². The highest BCUT2D eigenvalue weighted by Crippen LogP contribution is 2.39. The third kappa shape index (κ3) is 2.86. The molecule has 1 aliphatic rings. The summed E-state index contributed by atoms with van der Waals surface area (Å²) in [5.41, 5.74) is 1.63. The Bertz CT molecular complexity index is 750. The second-order valence-corrected chi connectivity index (χ2v) is 6.09. The zero-order chi connectivity index (χ0) is 17.3. The van der Waals surface area contributed by atoms with E-state index in [9.17, 15) is 4.79 Å². The van der Waals surface area contributed by atoms with Gasteiger partial charge in [-0.05, 0) is 51.0 Å². The molecule has 2 aromatic rings. The van der Waals surface area contributed by atoms with Crippen molar-refractivity contribution in [2.45, 2.75) is 32.7 Å². The van der Waals surface area contributed by atoms with Gasteiger partial charge in [-0.3, -0.25) is 4.79 Å². The zero-order valence-electron chi connectivity index (χ0n) is 14.6. The second kappa shape index (κ2) is 6.59. The van der Waals surface area contributed by atoms with Crippen LogP contribution in [0, 0.1) is 13.8 Å². The number of carbonyl (C=O) groups excluding carboxylic acids is 1. The van der Waals surface area contributed by atoms with Crippen molar-refractivity contribution in [3.8, 4) is 11.5 Å². The number of hydrogen-bond donors (Lipinski definition) is 0. The van der Waals surface area contributed by atoms with Crippen molar-refractivity contribution in [3.05, 3.63) is 46.9 Å². The van der Waals surface area contributed by atoms with Crippen LogP contribution < -0.4 is 9.47 Å². The Morgan fingerprint density at radius 2 is 2.00 bits per heavy atom. The number of furan rings is 1. The Balaban J connectivity index is 1.96. The fourth-order valence-electron chi connectivity index (χ4n) is 3.43. The van der Waals surface area contributed by atoms with Gasteiger partial charge >= 0.3 is 0 Å². The topological polar surface area (TPSA) is 51.9 Å². The van der Waals surface area contributed by atoms with Crippen LogP contribution in [0.3, 0.4) is 0 Å². The molecule has 0 aliphatic carbocycles. The molecule has 0 saturated carbocycles. The second-order valence-electron chi connectivity index (χ2n) is 6.09. The lowest BCUT2D eigenvalue weighted by Crippen LogP contribution is -2.31. The highest BCUT2D eigenvalue weighted by Gasteiger charge is 2.34. The van der Waals surface area contributed by atoms with E-state index in [1.807, 2.05) is 43.0 Å². The molecule has 5 nitrogen and oxygen atoms in total. The maximum absolute atomic E-state index is 13.0. The smallest absolute Gasteiger partial charge is 0.257 e. The van der Waals surface area contributed by atoms with E-state index in [0.29, 0.717) is 11.3 Å². The van der Waals surface area contributed by atoms with Gasteiger partial charge in [0.15, 0.2) is 0 Å². The number of hydrogen-bond acceptors (Lipinski definition) is 4. The maximum atomic E-state index is 13.0. The van der Waals surface area contributed by atoms with E-state index in [0.717, 1.165) is 42.2 Å². The summed E-state index contributed by atoms with van der Waals surface area (Å²) in [6, 6.07) is 7.52. The van der Waals surface area contributed by atoms with E-state index >= 15 is 0 Å². The molecule has 24 heavy (non-hydrogen) atoms. The van der Waals surface area contributed by atoms with Crippen LogP contribution in [0.5, 0.6) is 11.5 Å². The van der Waals surface area contributed by atoms with Crippen LogP contribution in [0.15, 0.2) is 28.7 Å². The van der Waals surface area contributed by atoms with Gasteiger partial charge in [-0.2, -0.15) is 0 Å². The average Bonchev–Trinajstić information content (AvgIpc) is 3.19. The van der Waals surface area contributed by atoms with Gasteiger partial charge in [-0.25, -0.2) is 0 Å². The van der Waals surface area contributed by atoms with Crippen LogP contribution >= 0.6 is 0 Å². The Labute approximate surface area is 142 Å². The van der Waals surface area contributed by atoms with E-state index in [1.54, 1.807) is 14.2 Å². The van der Waals surface area contributed by atoms with Gasteiger partial charge in [0.2, 0.25) is 0 Å². The highest BCUT2D eigenvalue weighted by atomic mass is 16.5. The molecular weight excluding hydrogens is 306 g/mol. The minimum absolute atomic E-state index is 0.0109. The van der Waals surface area contributed by atoms with Crippen LogP contribution in [0.1, 0.15) is 46.3 Å². The maximum Gasteiger partial charge on any atom is 0.257 e. The van der Waals surface area contributed by atoms with Crippen molar-refractivity contribution >= 4 is 5.91 Å². The number of methoxy groups -OCH3 is 2. The van der Waals surface area contributed by atoms with E-state index in [2.05, 4.69) is 0 Å². The number of ether oxygens (including phenoxy) is 2. The number of amides is 1. The number of aryl methyl sites for hydroxylation is 2. The predicted molar refractivity (Wildman–Crippen MR) is 90.7 cm³/mol. The molecule has 0 spiro atoms. The molecular formula is C19H23NO4. The highest BCUT2D eigenvalue weighted by molar-refractivity contribution is 5.95. The molecule has 1 aliphatic heterocycles. The number of carbonyl (C=O) groups is 1. The minimum atomic E-state index is -0.0165. The fraction of sp³-hybridized carbons (Fsp3) is 0.421. The zero-order valence-corrected chi connectivity index (χ0v) is 14.6. The third-order valence-corrected chi connectivity index (χ3v) is 4.58. The number of rotatable bonds is 4. The number of nitrogens with zero attached hydrogens (tertiary/aromatic N) is 1. The number of likely N-dealkylation sites (tertiary alicyclic amines) is 1. The molecule has 1 unspecified atom stereocenters. The molecule has 1 amide bonds. The van der Waals surface area contributed by atoms with Gasteiger partial charge in [-0.1, -0.05) is 0 Å². The molecule has 0 N–H and O–H groups in total. The first-order valence-electron chi connectivity index (χ1n) is 8.15. The average molecular weight is 329 g/mol. The van der Waals surface area contributed by atoms with Crippen molar-refractivity contribution in [2.24, 2.45) is 0 Å². The minimum Gasteiger partial charge on any atom is -0.497 e. The van der Waals surface area contributed by atoms with Gasteiger partial charge in [-0.15, -0.1) is 0 Å². The summed E-state index contributed by atoms with van der Waals surface area (Å²) in [5.74, 6) is 2.98. The number of benzene rings is 1. The van der Waals surface area contributed by atoms with Crippen LogP contribution in [0.4, 0.5) is 0 Å². The molecule has 0 radical (unpaired) electrons. The first kappa shape index (κ1) is 16.4. The Morgan fingerprint density at radius 1 is 1.21 bits per heavy atom. The molecule has 1 fully saturated rings. The van der Waals surface area contributed by atoms with E-state index in [1.165, 1.54) is 0 Å². The van der Waals surface area contributed by atoms with E-state index < -0.39 is 0 Å². The summed E-state index contributed by atoms with van der Waals surface area (Å²) < 4.78 is 16.4. The van der Waals surface area contributed by atoms with Gasteiger partial charge in [0, 0.05) is 12.1 Å². The van der Waals surface area contributed by atoms with E-state index in [-0.39, 0.29) is 11.9 Å². The van der Waals surface area contributed by atoms with Crippen LogP contribution in [0.2, 0.25) is 0 Å². The molecule has 1 aromatic carbocycles. The van der Waals surface area contributed by atoms with Gasteiger partial charge < -0.3 is 18.8 Å². The monoisotopic (exact) mass is 329 g/mol. The van der Waals surface area contributed by atoms with Gasteiger partial charge in [0.1, 0.15) is 23.0 Å². The summed E-state index contributed by atoms with van der Waals surface area (Å²) in [7, 11) is 3.29. The standard InChI is InChI=1S/C19H23NO4/c1-12-10-15(13(2)24-12)19(21)20-9-5-6-17(20)16-11-14(22-3)7-8-18(16)23-4/h7-8,10-11,17H,5-6,9H2,1-4H3. The van der Waals surface area contributed by atoms with Crippen LogP contribution in [-0.4, -0.2) is 31.6 Å². The Hall–Kier alpha value is -2.43. The van der Waals surface area contributed by atoms with Crippen molar-refractivity contribution in [2.75, 3.05) is 20.8 Å². The normalized spacial score (nSPS) is 17.2. The SMILES string of the molecule is COc1ccc(OC)c(C2CCCN2C(=O)c2cc(C)oc2C)c1. The van der Waals surface area contributed by atoms with Gasteiger partial charge in [0.05, 0.1) is 25.8 Å². The van der Waals surface area contributed by atoms with Crippen molar-refractivity contribution < 1.29 is 18.7 Å². The molecule has 3 rings (SSSR count). The molecule has 5 heteroatoms. The quantitative estimate of drug-likeness (QED) is 0.854.